The Bertz CT molecular complexity index is 821. The minimum absolute atomic E-state index is 0.128. The smallest absolute Gasteiger partial charge is 0.310 e. The predicted octanol–water partition coefficient (Wildman–Crippen LogP) is 4.57. The molecule has 0 amide bonds. The molecule has 0 radical (unpaired) electrons. The topological polar surface area (TPSA) is 51.3 Å². The lowest BCUT2D eigenvalue weighted by Crippen LogP contribution is -2.16. The van der Waals surface area contributed by atoms with Crippen LogP contribution < -0.4 is 0 Å². The van der Waals surface area contributed by atoms with Gasteiger partial charge < -0.3 is 14.5 Å². The monoisotopic (exact) mass is 355 g/mol. The van der Waals surface area contributed by atoms with Crippen LogP contribution in [0.2, 0.25) is 0 Å². The van der Waals surface area contributed by atoms with Crippen LogP contribution >= 0.6 is 0 Å². The Morgan fingerprint density at radius 1 is 1.23 bits per heavy atom. The van der Waals surface area contributed by atoms with Gasteiger partial charge in [-0.15, -0.1) is 0 Å². The zero-order valence-electron chi connectivity index (χ0n) is 16.0. The van der Waals surface area contributed by atoms with Crippen molar-refractivity contribution in [3.63, 3.8) is 0 Å². The number of ether oxygens (including phenoxy) is 2. The van der Waals surface area contributed by atoms with Crippen LogP contribution in [0.25, 0.3) is 10.9 Å². The number of fused-ring (bicyclic) bond motifs is 5. The van der Waals surface area contributed by atoms with Gasteiger partial charge in [-0.05, 0) is 67.7 Å². The normalized spacial score (nSPS) is 19.2. The van der Waals surface area contributed by atoms with E-state index in [9.17, 15) is 4.79 Å². The SMILES string of the molecule is CCCC1OCCc2c1[nH]c1c3c(cc(CC(=O)OCC)c21)CCCC3. The van der Waals surface area contributed by atoms with E-state index in [1.165, 1.54) is 46.1 Å². The number of benzene rings is 1. The van der Waals surface area contributed by atoms with Crippen molar-refractivity contribution in [2.75, 3.05) is 13.2 Å². The summed E-state index contributed by atoms with van der Waals surface area (Å²) in [7, 11) is 0. The lowest BCUT2D eigenvalue weighted by atomic mass is 9.86. The van der Waals surface area contributed by atoms with E-state index in [1.54, 1.807) is 0 Å². The number of hydrogen-bond donors (Lipinski definition) is 1. The van der Waals surface area contributed by atoms with Gasteiger partial charge in [0.25, 0.3) is 0 Å². The molecule has 0 spiro atoms. The van der Waals surface area contributed by atoms with Crippen LogP contribution in [-0.4, -0.2) is 24.2 Å². The molecule has 4 rings (SSSR count). The van der Waals surface area contributed by atoms with Gasteiger partial charge in [-0.2, -0.15) is 0 Å². The minimum atomic E-state index is -0.128. The maximum atomic E-state index is 12.2. The van der Waals surface area contributed by atoms with Crippen molar-refractivity contribution in [3.8, 4) is 0 Å². The highest BCUT2D eigenvalue weighted by atomic mass is 16.5. The molecule has 26 heavy (non-hydrogen) atoms. The van der Waals surface area contributed by atoms with E-state index in [2.05, 4.69) is 18.0 Å². The Morgan fingerprint density at radius 2 is 2.08 bits per heavy atom. The van der Waals surface area contributed by atoms with Gasteiger partial charge in [0.2, 0.25) is 0 Å². The third kappa shape index (κ3) is 3.05. The van der Waals surface area contributed by atoms with Crippen LogP contribution in [0.5, 0.6) is 0 Å². The second-order valence-electron chi connectivity index (χ2n) is 7.53. The summed E-state index contributed by atoms with van der Waals surface area (Å²) in [5.74, 6) is -0.128. The highest BCUT2D eigenvalue weighted by Gasteiger charge is 2.28. The van der Waals surface area contributed by atoms with Gasteiger partial charge >= 0.3 is 5.97 Å². The largest absolute Gasteiger partial charge is 0.466 e. The second-order valence-corrected chi connectivity index (χ2v) is 7.53. The van der Waals surface area contributed by atoms with Gasteiger partial charge in [-0.3, -0.25) is 4.79 Å². The molecule has 1 aliphatic heterocycles. The molecular formula is C22H29NO3. The number of H-pyrrole nitrogens is 1. The molecule has 1 aromatic carbocycles. The average molecular weight is 355 g/mol. The van der Waals surface area contributed by atoms with Gasteiger partial charge in [-0.25, -0.2) is 0 Å². The molecule has 1 aliphatic carbocycles. The summed E-state index contributed by atoms with van der Waals surface area (Å²) < 4.78 is 11.3. The third-order valence-electron chi connectivity index (χ3n) is 5.80. The van der Waals surface area contributed by atoms with Crippen molar-refractivity contribution in [2.24, 2.45) is 0 Å². The fourth-order valence-corrected chi connectivity index (χ4v) is 4.71. The molecule has 0 fully saturated rings. The summed E-state index contributed by atoms with van der Waals surface area (Å²) >= 11 is 0. The number of hydrogen-bond acceptors (Lipinski definition) is 3. The lowest BCUT2D eigenvalue weighted by Gasteiger charge is -2.23. The van der Waals surface area contributed by atoms with Crippen LogP contribution in [0.15, 0.2) is 6.07 Å². The molecular weight excluding hydrogens is 326 g/mol. The maximum absolute atomic E-state index is 12.2. The fraction of sp³-hybridized carbons (Fsp3) is 0.591. The van der Waals surface area contributed by atoms with Crippen LogP contribution in [-0.2, 0) is 40.0 Å². The Labute approximate surface area is 155 Å². The molecule has 4 nitrogen and oxygen atoms in total. The molecule has 2 aliphatic rings. The third-order valence-corrected chi connectivity index (χ3v) is 5.80. The minimum Gasteiger partial charge on any atom is -0.466 e. The van der Waals surface area contributed by atoms with Crippen molar-refractivity contribution >= 4 is 16.9 Å². The van der Waals surface area contributed by atoms with E-state index in [1.807, 2.05) is 6.92 Å². The highest BCUT2D eigenvalue weighted by molar-refractivity contribution is 5.94. The number of nitrogens with one attached hydrogen (secondary N) is 1. The van der Waals surface area contributed by atoms with Crippen LogP contribution in [0.1, 0.15) is 73.6 Å². The van der Waals surface area contributed by atoms with Crippen LogP contribution in [0.3, 0.4) is 0 Å². The molecule has 1 atom stereocenters. The van der Waals surface area contributed by atoms with E-state index in [0.717, 1.165) is 44.3 Å². The number of esters is 1. The maximum Gasteiger partial charge on any atom is 0.310 e. The van der Waals surface area contributed by atoms with Gasteiger partial charge in [0.15, 0.2) is 0 Å². The number of rotatable bonds is 5. The van der Waals surface area contributed by atoms with E-state index >= 15 is 0 Å². The Hall–Kier alpha value is -1.81. The van der Waals surface area contributed by atoms with Crippen molar-refractivity contribution in [3.05, 3.63) is 34.0 Å². The summed E-state index contributed by atoms with van der Waals surface area (Å²) in [5, 5.41) is 1.28. The number of carbonyl (C=O) groups is 1. The molecule has 0 saturated heterocycles. The fourth-order valence-electron chi connectivity index (χ4n) is 4.71. The van der Waals surface area contributed by atoms with Crippen molar-refractivity contribution in [1.82, 2.24) is 4.98 Å². The first kappa shape index (κ1) is 17.6. The number of carbonyl (C=O) groups excluding carboxylic acids is 1. The standard InChI is InChI=1S/C22H29NO3/c1-3-7-18-21-17(10-11-26-18)20-15(13-19(24)25-4-2)12-14-8-5-6-9-16(14)22(20)23-21/h12,18,23H,3-11,13H2,1-2H3. The van der Waals surface area contributed by atoms with Crippen molar-refractivity contribution < 1.29 is 14.3 Å². The first-order chi connectivity index (χ1) is 12.7. The van der Waals surface area contributed by atoms with Crippen LogP contribution in [0.4, 0.5) is 0 Å². The van der Waals surface area contributed by atoms with Crippen molar-refractivity contribution in [1.29, 1.82) is 0 Å². The lowest BCUT2D eigenvalue weighted by molar-refractivity contribution is -0.142. The summed E-state index contributed by atoms with van der Waals surface area (Å²) in [5.41, 5.74) is 7.89. The quantitative estimate of drug-likeness (QED) is 0.800. The Kier molecular flexibility index (Phi) is 5.03. The predicted molar refractivity (Wildman–Crippen MR) is 103 cm³/mol. The molecule has 0 bridgehead atoms. The molecule has 1 N–H and O–H groups in total. The van der Waals surface area contributed by atoms with Gasteiger partial charge in [0.1, 0.15) is 0 Å². The van der Waals surface area contributed by atoms with E-state index in [4.69, 9.17) is 9.47 Å². The van der Waals surface area contributed by atoms with E-state index in [0.29, 0.717) is 13.0 Å². The first-order valence-corrected chi connectivity index (χ1v) is 10.2. The summed E-state index contributed by atoms with van der Waals surface area (Å²) in [4.78, 5) is 16.0. The molecule has 4 heteroatoms. The second kappa shape index (κ2) is 7.43. The van der Waals surface area contributed by atoms with Gasteiger partial charge in [0, 0.05) is 16.6 Å². The molecule has 1 unspecified atom stereocenters. The summed E-state index contributed by atoms with van der Waals surface area (Å²) in [6.07, 6.45) is 8.31. The zero-order chi connectivity index (χ0) is 18.1. The molecule has 0 saturated carbocycles. The number of aromatic nitrogens is 1. The Morgan fingerprint density at radius 3 is 2.88 bits per heavy atom. The molecule has 2 aromatic rings. The van der Waals surface area contributed by atoms with Crippen LogP contribution in [0, 0.1) is 0 Å². The number of aryl methyl sites for hydroxylation is 2. The summed E-state index contributed by atoms with van der Waals surface area (Å²) in [6.45, 7) is 5.27. The summed E-state index contributed by atoms with van der Waals surface area (Å²) in [6, 6.07) is 2.28. The highest BCUT2D eigenvalue weighted by Crippen LogP contribution is 2.40. The van der Waals surface area contributed by atoms with Gasteiger partial charge in [0.05, 0.1) is 25.7 Å². The molecule has 140 valence electrons. The molecule has 1 aromatic heterocycles. The first-order valence-electron chi connectivity index (χ1n) is 10.2. The van der Waals surface area contributed by atoms with Crippen molar-refractivity contribution in [2.45, 2.75) is 71.3 Å². The Balaban J connectivity index is 1.88. The zero-order valence-corrected chi connectivity index (χ0v) is 16.0. The van der Waals surface area contributed by atoms with E-state index in [-0.39, 0.29) is 12.1 Å². The average Bonchev–Trinajstić information content (AvgIpc) is 3.03. The van der Waals surface area contributed by atoms with E-state index < -0.39 is 0 Å². The molecule has 2 heterocycles. The van der Waals surface area contributed by atoms with Gasteiger partial charge in [-0.1, -0.05) is 19.4 Å². The number of aromatic amines is 1.